The van der Waals surface area contributed by atoms with Gasteiger partial charge in [0.05, 0.1) is 5.56 Å². The van der Waals surface area contributed by atoms with Crippen molar-refractivity contribution in [2.24, 2.45) is 0 Å². The molecule has 0 aliphatic rings. The molecule has 1 nitrogen and oxygen atoms in total. The second kappa shape index (κ2) is 4.23. The molecular weight excluding hydrogens is 205 g/mol. The van der Waals surface area contributed by atoms with Crippen LogP contribution in [0, 0.1) is 5.82 Å². The van der Waals surface area contributed by atoms with Gasteiger partial charge in [-0.2, -0.15) is 8.78 Å². The Labute approximate surface area is 86.5 Å². The molecule has 0 aromatic heterocycles. The Bertz CT molecular complexity index is 348. The van der Waals surface area contributed by atoms with Gasteiger partial charge in [0.1, 0.15) is 11.9 Å². The molecule has 1 aromatic rings. The van der Waals surface area contributed by atoms with E-state index in [-0.39, 0.29) is 5.56 Å². The summed E-state index contributed by atoms with van der Waals surface area (Å²) >= 11 is 0. The van der Waals surface area contributed by atoms with E-state index >= 15 is 0 Å². The van der Waals surface area contributed by atoms with Gasteiger partial charge < -0.3 is 5.11 Å². The van der Waals surface area contributed by atoms with E-state index in [2.05, 4.69) is 0 Å². The second-order valence-electron chi connectivity index (χ2n) is 3.43. The normalized spacial score (nSPS) is 14.0. The number of hydrogen-bond acceptors (Lipinski definition) is 1. The molecule has 0 aliphatic carbocycles. The average molecular weight is 218 g/mol. The van der Waals surface area contributed by atoms with Gasteiger partial charge in [0.2, 0.25) is 0 Å². The fraction of sp³-hybridized carbons (Fsp3) is 0.455. The summed E-state index contributed by atoms with van der Waals surface area (Å²) in [5, 5.41) is 8.90. The standard InChI is InChI=1S/C11H13F3O/c1-3-8-5-4-6-9(10(8)12)11(13,14)7(2)15/h4-7,15H,3H2,1-2H3. The van der Waals surface area contributed by atoms with Gasteiger partial charge >= 0.3 is 5.92 Å². The topological polar surface area (TPSA) is 20.2 Å². The fourth-order valence-corrected chi connectivity index (χ4v) is 1.34. The quantitative estimate of drug-likeness (QED) is 0.827. The SMILES string of the molecule is CCc1cccc(C(F)(F)C(C)O)c1F. The van der Waals surface area contributed by atoms with E-state index in [9.17, 15) is 13.2 Å². The molecule has 0 amide bonds. The van der Waals surface area contributed by atoms with Crippen LogP contribution in [0.3, 0.4) is 0 Å². The van der Waals surface area contributed by atoms with Gasteiger partial charge in [0, 0.05) is 0 Å². The first-order valence-electron chi connectivity index (χ1n) is 4.75. The second-order valence-corrected chi connectivity index (χ2v) is 3.43. The van der Waals surface area contributed by atoms with Gasteiger partial charge in [-0.1, -0.05) is 19.1 Å². The first-order chi connectivity index (χ1) is 6.91. The molecule has 0 spiro atoms. The molecule has 0 radical (unpaired) electrons. The fourth-order valence-electron chi connectivity index (χ4n) is 1.34. The number of benzene rings is 1. The van der Waals surface area contributed by atoms with Crippen LogP contribution >= 0.6 is 0 Å². The molecule has 0 saturated heterocycles. The van der Waals surface area contributed by atoms with E-state index in [1.54, 1.807) is 6.92 Å². The summed E-state index contributed by atoms with van der Waals surface area (Å²) in [6.45, 7) is 2.63. The molecule has 1 rings (SSSR count). The van der Waals surface area contributed by atoms with Crippen LogP contribution in [0.5, 0.6) is 0 Å². The number of aliphatic hydroxyl groups is 1. The van der Waals surface area contributed by atoms with Crippen molar-refractivity contribution in [2.75, 3.05) is 0 Å². The van der Waals surface area contributed by atoms with Crippen molar-refractivity contribution in [3.63, 3.8) is 0 Å². The molecule has 0 fully saturated rings. The maximum absolute atomic E-state index is 13.5. The van der Waals surface area contributed by atoms with Crippen LogP contribution < -0.4 is 0 Å². The molecule has 1 atom stereocenters. The highest BCUT2D eigenvalue weighted by atomic mass is 19.3. The minimum Gasteiger partial charge on any atom is -0.387 e. The Kier molecular flexibility index (Phi) is 3.39. The third-order valence-electron chi connectivity index (χ3n) is 2.34. The summed E-state index contributed by atoms with van der Waals surface area (Å²) in [6.07, 6.45) is -1.56. The predicted molar refractivity (Wildman–Crippen MR) is 51.4 cm³/mol. The number of aliphatic hydroxyl groups excluding tert-OH is 1. The molecule has 15 heavy (non-hydrogen) atoms. The zero-order valence-corrected chi connectivity index (χ0v) is 8.60. The summed E-state index contributed by atoms with van der Waals surface area (Å²) < 4.78 is 40.3. The summed E-state index contributed by atoms with van der Waals surface area (Å²) in [7, 11) is 0. The molecule has 4 heteroatoms. The highest BCUT2D eigenvalue weighted by Gasteiger charge is 2.40. The van der Waals surface area contributed by atoms with E-state index in [1.807, 2.05) is 0 Å². The van der Waals surface area contributed by atoms with E-state index in [1.165, 1.54) is 12.1 Å². The number of halogens is 3. The van der Waals surface area contributed by atoms with Gasteiger partial charge in [-0.3, -0.25) is 0 Å². The summed E-state index contributed by atoms with van der Waals surface area (Å²) in [6, 6.07) is 3.83. The molecule has 0 heterocycles. The minimum atomic E-state index is -3.55. The number of rotatable bonds is 3. The number of aryl methyl sites for hydroxylation is 1. The Balaban J connectivity index is 3.26. The van der Waals surface area contributed by atoms with Crippen molar-refractivity contribution in [1.82, 2.24) is 0 Å². The lowest BCUT2D eigenvalue weighted by Crippen LogP contribution is -2.29. The largest absolute Gasteiger partial charge is 0.387 e. The lowest BCUT2D eigenvalue weighted by atomic mass is 10.00. The van der Waals surface area contributed by atoms with Crippen LogP contribution in [0.4, 0.5) is 13.2 Å². The van der Waals surface area contributed by atoms with Gasteiger partial charge in [0.25, 0.3) is 0 Å². The number of hydrogen-bond donors (Lipinski definition) is 1. The molecule has 0 saturated carbocycles. The van der Waals surface area contributed by atoms with E-state index in [0.29, 0.717) is 6.42 Å². The maximum Gasteiger partial charge on any atom is 0.301 e. The molecule has 0 bridgehead atoms. The maximum atomic E-state index is 13.5. The van der Waals surface area contributed by atoms with Crippen molar-refractivity contribution in [2.45, 2.75) is 32.3 Å². The van der Waals surface area contributed by atoms with Crippen LogP contribution in [-0.2, 0) is 12.3 Å². The minimum absolute atomic E-state index is 0.229. The van der Waals surface area contributed by atoms with Gasteiger partial charge in [0.15, 0.2) is 0 Å². The Morgan fingerprint density at radius 1 is 1.40 bits per heavy atom. The molecular formula is C11H13F3O. The van der Waals surface area contributed by atoms with E-state index in [0.717, 1.165) is 13.0 Å². The van der Waals surface area contributed by atoms with Crippen molar-refractivity contribution in [1.29, 1.82) is 0 Å². The molecule has 0 aliphatic heterocycles. The van der Waals surface area contributed by atoms with Crippen molar-refractivity contribution in [3.05, 3.63) is 35.1 Å². The van der Waals surface area contributed by atoms with Gasteiger partial charge in [-0.25, -0.2) is 4.39 Å². The highest BCUT2D eigenvalue weighted by Crippen LogP contribution is 2.34. The zero-order valence-electron chi connectivity index (χ0n) is 8.60. The van der Waals surface area contributed by atoms with Crippen LogP contribution in [-0.4, -0.2) is 11.2 Å². The smallest absolute Gasteiger partial charge is 0.301 e. The molecule has 1 aromatic carbocycles. The first kappa shape index (κ1) is 12.0. The Morgan fingerprint density at radius 2 is 2.00 bits per heavy atom. The third kappa shape index (κ3) is 2.15. The summed E-state index contributed by atoms with van der Waals surface area (Å²) in [5.74, 6) is -4.47. The lowest BCUT2D eigenvalue weighted by Gasteiger charge is -2.21. The Morgan fingerprint density at radius 3 is 2.47 bits per heavy atom. The zero-order chi connectivity index (χ0) is 11.6. The summed E-state index contributed by atoms with van der Waals surface area (Å²) in [5.41, 5.74) is -0.510. The van der Waals surface area contributed by atoms with Gasteiger partial charge in [-0.15, -0.1) is 0 Å². The van der Waals surface area contributed by atoms with E-state index in [4.69, 9.17) is 5.11 Å². The number of alkyl halides is 2. The Hall–Kier alpha value is -1.03. The van der Waals surface area contributed by atoms with Crippen molar-refractivity contribution in [3.8, 4) is 0 Å². The van der Waals surface area contributed by atoms with Crippen LogP contribution in [0.15, 0.2) is 18.2 Å². The van der Waals surface area contributed by atoms with Gasteiger partial charge in [-0.05, 0) is 25.0 Å². The van der Waals surface area contributed by atoms with Crippen LogP contribution in [0.25, 0.3) is 0 Å². The van der Waals surface area contributed by atoms with Crippen LogP contribution in [0.1, 0.15) is 25.0 Å². The lowest BCUT2D eigenvalue weighted by molar-refractivity contribution is -0.108. The first-order valence-corrected chi connectivity index (χ1v) is 4.75. The predicted octanol–water partition coefficient (Wildman–Crippen LogP) is 2.86. The monoisotopic (exact) mass is 218 g/mol. The third-order valence-corrected chi connectivity index (χ3v) is 2.34. The molecule has 1 N–H and O–H groups in total. The highest BCUT2D eigenvalue weighted by molar-refractivity contribution is 5.29. The van der Waals surface area contributed by atoms with Crippen molar-refractivity contribution >= 4 is 0 Å². The average Bonchev–Trinajstić information content (AvgIpc) is 2.17. The van der Waals surface area contributed by atoms with Crippen molar-refractivity contribution < 1.29 is 18.3 Å². The summed E-state index contributed by atoms with van der Waals surface area (Å²) in [4.78, 5) is 0. The molecule has 1 unspecified atom stereocenters. The van der Waals surface area contributed by atoms with E-state index < -0.39 is 23.4 Å². The molecule has 84 valence electrons. The van der Waals surface area contributed by atoms with Crippen LogP contribution in [0.2, 0.25) is 0 Å².